The summed E-state index contributed by atoms with van der Waals surface area (Å²) in [5, 5.41) is 11.8. The van der Waals surface area contributed by atoms with Crippen LogP contribution in [0.15, 0.2) is 12.3 Å². The second kappa shape index (κ2) is 5.51. The highest BCUT2D eigenvalue weighted by Crippen LogP contribution is 2.34. The van der Waals surface area contributed by atoms with Gasteiger partial charge in [0.25, 0.3) is 0 Å². The van der Waals surface area contributed by atoms with Crippen molar-refractivity contribution in [2.45, 2.75) is 30.4 Å². The van der Waals surface area contributed by atoms with Crippen LogP contribution in [0, 0.1) is 0 Å². The molecule has 2 aromatic heterocycles. The smallest absolute Gasteiger partial charge is 0.166 e. The topological polar surface area (TPSA) is 90.6 Å². The zero-order valence-electron chi connectivity index (χ0n) is 10.8. The molecule has 10 heteroatoms. The van der Waals surface area contributed by atoms with E-state index < -0.39 is 9.84 Å². The molecule has 0 aromatic carbocycles. The normalized spacial score (nSPS) is 15.3. The second-order valence-corrected chi connectivity index (χ2v) is 7.79. The summed E-state index contributed by atoms with van der Waals surface area (Å²) in [6.45, 7) is 0. The molecule has 0 N–H and O–H groups in total. The molecule has 2 aromatic rings. The molecule has 2 heterocycles. The van der Waals surface area contributed by atoms with Gasteiger partial charge >= 0.3 is 0 Å². The molecule has 0 atom stereocenters. The molecule has 0 spiro atoms. The Kier molecular flexibility index (Phi) is 3.85. The summed E-state index contributed by atoms with van der Waals surface area (Å²) in [6.07, 6.45) is 3.32. The Balaban J connectivity index is 1.79. The number of tetrazole rings is 1. The lowest BCUT2D eigenvalue weighted by Crippen LogP contribution is -2.13. The average Bonchev–Trinajstić information content (AvgIpc) is 3.14. The van der Waals surface area contributed by atoms with Crippen LogP contribution in [-0.2, 0) is 21.3 Å². The standard InChI is InChI=1S/C11H11Cl2N5O2S/c12-7-3-9(13)10(14-4-7)5-21(19,20)6-11-15-16-17-18(11)8-1-2-8/h3-4,8H,1-2,5-6H2. The maximum atomic E-state index is 12.3. The first-order valence-electron chi connectivity index (χ1n) is 6.22. The Labute approximate surface area is 131 Å². The van der Waals surface area contributed by atoms with Crippen LogP contribution in [0.3, 0.4) is 0 Å². The van der Waals surface area contributed by atoms with E-state index in [2.05, 4.69) is 20.5 Å². The molecule has 1 aliphatic rings. The molecular weight excluding hydrogens is 337 g/mol. The maximum absolute atomic E-state index is 12.3. The fourth-order valence-electron chi connectivity index (χ4n) is 1.92. The van der Waals surface area contributed by atoms with E-state index in [-0.39, 0.29) is 28.3 Å². The van der Waals surface area contributed by atoms with E-state index in [4.69, 9.17) is 23.2 Å². The lowest BCUT2D eigenvalue weighted by molar-refractivity contribution is 0.573. The van der Waals surface area contributed by atoms with Crippen LogP contribution in [0.5, 0.6) is 0 Å². The zero-order valence-corrected chi connectivity index (χ0v) is 13.1. The van der Waals surface area contributed by atoms with Crippen LogP contribution in [0.2, 0.25) is 10.0 Å². The van der Waals surface area contributed by atoms with Gasteiger partial charge in [0.15, 0.2) is 15.7 Å². The molecular formula is C11H11Cl2N5O2S. The maximum Gasteiger partial charge on any atom is 0.166 e. The first kappa shape index (κ1) is 14.7. The number of rotatable bonds is 5. The first-order chi connectivity index (χ1) is 9.94. The van der Waals surface area contributed by atoms with Crippen LogP contribution >= 0.6 is 23.2 Å². The van der Waals surface area contributed by atoms with E-state index in [9.17, 15) is 8.42 Å². The molecule has 0 bridgehead atoms. The third-order valence-electron chi connectivity index (χ3n) is 3.04. The van der Waals surface area contributed by atoms with E-state index >= 15 is 0 Å². The Hall–Kier alpha value is -1.25. The Morgan fingerprint density at radius 1 is 1.29 bits per heavy atom. The fraction of sp³-hybridized carbons (Fsp3) is 0.455. The number of hydrogen-bond acceptors (Lipinski definition) is 6. The summed E-state index contributed by atoms with van der Waals surface area (Å²) in [7, 11) is -3.47. The van der Waals surface area contributed by atoms with Crippen LogP contribution in [0.25, 0.3) is 0 Å². The Morgan fingerprint density at radius 3 is 2.71 bits per heavy atom. The van der Waals surface area contributed by atoms with E-state index in [1.807, 2.05) is 0 Å². The van der Waals surface area contributed by atoms with Crippen molar-refractivity contribution in [3.8, 4) is 0 Å². The Bertz CT molecular complexity index is 773. The van der Waals surface area contributed by atoms with Gasteiger partial charge in [-0.3, -0.25) is 4.98 Å². The van der Waals surface area contributed by atoms with Gasteiger partial charge in [0, 0.05) is 6.20 Å². The molecule has 112 valence electrons. The molecule has 1 fully saturated rings. The van der Waals surface area contributed by atoms with Crippen molar-refractivity contribution in [1.82, 2.24) is 25.2 Å². The van der Waals surface area contributed by atoms with Crippen LogP contribution in [0.1, 0.15) is 30.4 Å². The fourth-order valence-corrected chi connectivity index (χ4v) is 3.77. The first-order valence-corrected chi connectivity index (χ1v) is 8.79. The van der Waals surface area contributed by atoms with Gasteiger partial charge in [-0.15, -0.1) is 5.10 Å². The molecule has 0 unspecified atom stereocenters. The number of sulfone groups is 1. The molecule has 0 saturated heterocycles. The van der Waals surface area contributed by atoms with Gasteiger partial charge in [0.05, 0.1) is 27.5 Å². The van der Waals surface area contributed by atoms with Gasteiger partial charge in [0.2, 0.25) is 0 Å². The highest BCUT2D eigenvalue weighted by molar-refractivity contribution is 7.89. The van der Waals surface area contributed by atoms with Crippen molar-refractivity contribution >= 4 is 33.0 Å². The van der Waals surface area contributed by atoms with Crippen molar-refractivity contribution < 1.29 is 8.42 Å². The van der Waals surface area contributed by atoms with Crippen LogP contribution in [0.4, 0.5) is 0 Å². The molecule has 7 nitrogen and oxygen atoms in total. The molecule has 1 aliphatic carbocycles. The quantitative estimate of drug-likeness (QED) is 0.819. The summed E-state index contributed by atoms with van der Waals surface area (Å²) in [5.74, 6) is -0.167. The summed E-state index contributed by atoms with van der Waals surface area (Å²) >= 11 is 11.7. The summed E-state index contributed by atoms with van der Waals surface area (Å²) in [5.41, 5.74) is 0.270. The predicted octanol–water partition coefficient (Wildman–Crippen LogP) is 1.82. The average molecular weight is 348 g/mol. The molecule has 3 rings (SSSR count). The minimum Gasteiger partial charge on any atom is -0.257 e. The Morgan fingerprint density at radius 2 is 2.05 bits per heavy atom. The highest BCUT2D eigenvalue weighted by Gasteiger charge is 2.29. The molecule has 21 heavy (non-hydrogen) atoms. The van der Waals surface area contributed by atoms with Gasteiger partial charge in [-0.05, 0) is 29.3 Å². The minimum atomic E-state index is -3.47. The van der Waals surface area contributed by atoms with Gasteiger partial charge in [-0.2, -0.15) is 0 Å². The number of pyridine rings is 1. The van der Waals surface area contributed by atoms with Crippen molar-refractivity contribution in [2.24, 2.45) is 0 Å². The zero-order chi connectivity index (χ0) is 15.0. The van der Waals surface area contributed by atoms with Crippen LogP contribution in [-0.4, -0.2) is 33.6 Å². The minimum absolute atomic E-state index is 0.224. The van der Waals surface area contributed by atoms with Crippen LogP contribution < -0.4 is 0 Å². The monoisotopic (exact) mass is 347 g/mol. The van der Waals surface area contributed by atoms with Gasteiger partial charge in [-0.25, -0.2) is 13.1 Å². The molecule has 0 aliphatic heterocycles. The van der Waals surface area contributed by atoms with E-state index in [1.54, 1.807) is 4.68 Å². The summed E-state index contributed by atoms with van der Waals surface area (Å²) < 4.78 is 26.1. The number of hydrogen-bond donors (Lipinski definition) is 0. The summed E-state index contributed by atoms with van der Waals surface area (Å²) in [6, 6.07) is 1.69. The van der Waals surface area contributed by atoms with E-state index in [0.717, 1.165) is 12.8 Å². The van der Waals surface area contributed by atoms with E-state index in [0.29, 0.717) is 10.8 Å². The van der Waals surface area contributed by atoms with Gasteiger partial charge in [0.1, 0.15) is 5.75 Å². The lowest BCUT2D eigenvalue weighted by atomic mass is 10.4. The SMILES string of the molecule is O=S(=O)(Cc1ncc(Cl)cc1Cl)Cc1nnnn1C1CC1. The van der Waals surface area contributed by atoms with E-state index in [1.165, 1.54) is 12.3 Å². The molecule has 0 radical (unpaired) electrons. The lowest BCUT2D eigenvalue weighted by Gasteiger charge is -2.06. The third kappa shape index (κ3) is 3.50. The van der Waals surface area contributed by atoms with Crippen molar-refractivity contribution in [2.75, 3.05) is 0 Å². The summed E-state index contributed by atoms with van der Waals surface area (Å²) in [4.78, 5) is 3.96. The number of halogens is 2. The number of aromatic nitrogens is 5. The second-order valence-electron chi connectivity index (χ2n) is 4.89. The molecule has 1 saturated carbocycles. The highest BCUT2D eigenvalue weighted by atomic mass is 35.5. The molecule has 0 amide bonds. The van der Waals surface area contributed by atoms with Crippen molar-refractivity contribution in [1.29, 1.82) is 0 Å². The largest absolute Gasteiger partial charge is 0.257 e. The van der Waals surface area contributed by atoms with Crippen molar-refractivity contribution in [3.63, 3.8) is 0 Å². The third-order valence-corrected chi connectivity index (χ3v) is 4.99. The van der Waals surface area contributed by atoms with Gasteiger partial charge in [-0.1, -0.05) is 23.2 Å². The van der Waals surface area contributed by atoms with Crippen molar-refractivity contribution in [3.05, 3.63) is 33.8 Å². The van der Waals surface area contributed by atoms with Gasteiger partial charge < -0.3 is 0 Å². The predicted molar refractivity (Wildman–Crippen MR) is 76.7 cm³/mol. The number of nitrogens with zero attached hydrogens (tertiary/aromatic N) is 5.